The standard InChI is InChI=1S/C12H18F2N2/c1-16(9-12(13)14)8-2-3-10-4-6-11(15)7-5-10/h4-7,12H,2-3,8-9,15H2,1H3. The summed E-state index contributed by atoms with van der Waals surface area (Å²) in [4.78, 5) is 1.65. The van der Waals surface area contributed by atoms with Crippen molar-refractivity contribution in [2.45, 2.75) is 19.3 Å². The molecule has 0 amide bonds. The molecule has 90 valence electrons. The molecule has 4 heteroatoms. The highest BCUT2D eigenvalue weighted by atomic mass is 19.3. The maximum atomic E-state index is 12.0. The number of aryl methyl sites for hydroxylation is 1. The predicted octanol–water partition coefficient (Wildman–Crippen LogP) is 2.40. The van der Waals surface area contributed by atoms with Crippen LogP contribution in [0.25, 0.3) is 0 Å². The van der Waals surface area contributed by atoms with Gasteiger partial charge in [0.25, 0.3) is 6.43 Å². The summed E-state index contributed by atoms with van der Waals surface area (Å²) in [5.41, 5.74) is 7.51. The van der Waals surface area contributed by atoms with Crippen LogP contribution in [-0.2, 0) is 6.42 Å². The Bertz CT molecular complexity index is 298. The number of rotatable bonds is 6. The van der Waals surface area contributed by atoms with Gasteiger partial charge in [-0.2, -0.15) is 0 Å². The molecule has 0 fully saturated rings. The summed E-state index contributed by atoms with van der Waals surface area (Å²) in [5.74, 6) is 0. The lowest BCUT2D eigenvalue weighted by Gasteiger charge is -2.15. The molecule has 0 saturated carbocycles. The number of hydrogen-bond acceptors (Lipinski definition) is 2. The third-order valence-electron chi connectivity index (χ3n) is 2.43. The second-order valence-electron chi connectivity index (χ2n) is 4.00. The van der Waals surface area contributed by atoms with Gasteiger partial charge >= 0.3 is 0 Å². The number of alkyl halides is 2. The second-order valence-corrected chi connectivity index (χ2v) is 4.00. The average Bonchev–Trinajstić information content (AvgIpc) is 2.20. The van der Waals surface area contributed by atoms with Gasteiger partial charge in [-0.25, -0.2) is 8.78 Å². The Hall–Kier alpha value is -1.16. The monoisotopic (exact) mass is 228 g/mol. The molecule has 0 aliphatic rings. The zero-order valence-electron chi connectivity index (χ0n) is 9.50. The fourth-order valence-electron chi connectivity index (χ4n) is 1.56. The van der Waals surface area contributed by atoms with Crippen LogP contribution < -0.4 is 5.73 Å². The number of anilines is 1. The molecule has 0 bridgehead atoms. The second kappa shape index (κ2) is 6.43. The van der Waals surface area contributed by atoms with Gasteiger partial charge in [0.15, 0.2) is 0 Å². The Morgan fingerprint density at radius 2 is 1.88 bits per heavy atom. The molecule has 0 aliphatic heterocycles. The van der Waals surface area contributed by atoms with Crippen LogP contribution in [0.2, 0.25) is 0 Å². The summed E-state index contributed by atoms with van der Waals surface area (Å²) in [6, 6.07) is 7.67. The van der Waals surface area contributed by atoms with E-state index in [-0.39, 0.29) is 6.54 Å². The molecule has 0 unspecified atom stereocenters. The van der Waals surface area contributed by atoms with Crippen molar-refractivity contribution < 1.29 is 8.78 Å². The molecule has 1 aromatic carbocycles. The summed E-state index contributed by atoms with van der Waals surface area (Å²) < 4.78 is 24.0. The fourth-order valence-corrected chi connectivity index (χ4v) is 1.56. The van der Waals surface area contributed by atoms with Crippen molar-refractivity contribution in [2.75, 3.05) is 25.9 Å². The first kappa shape index (κ1) is 12.9. The quantitative estimate of drug-likeness (QED) is 0.757. The Labute approximate surface area is 95.1 Å². The number of halogens is 2. The lowest BCUT2D eigenvalue weighted by Crippen LogP contribution is -2.25. The van der Waals surface area contributed by atoms with E-state index in [9.17, 15) is 8.78 Å². The summed E-state index contributed by atoms with van der Waals surface area (Å²) >= 11 is 0. The van der Waals surface area contributed by atoms with Crippen molar-refractivity contribution >= 4 is 5.69 Å². The maximum Gasteiger partial charge on any atom is 0.251 e. The van der Waals surface area contributed by atoms with Crippen LogP contribution in [0.5, 0.6) is 0 Å². The lowest BCUT2D eigenvalue weighted by molar-refractivity contribution is 0.0999. The minimum absolute atomic E-state index is 0.151. The normalized spacial score (nSPS) is 11.3. The molecule has 16 heavy (non-hydrogen) atoms. The number of hydrogen-bond donors (Lipinski definition) is 1. The molecule has 0 spiro atoms. The first-order valence-electron chi connectivity index (χ1n) is 5.39. The van der Waals surface area contributed by atoms with Crippen LogP contribution in [0.3, 0.4) is 0 Å². The third-order valence-corrected chi connectivity index (χ3v) is 2.43. The van der Waals surface area contributed by atoms with E-state index in [2.05, 4.69) is 0 Å². The molecule has 0 saturated heterocycles. The van der Waals surface area contributed by atoms with Gasteiger partial charge in [-0.15, -0.1) is 0 Å². The van der Waals surface area contributed by atoms with Gasteiger partial charge in [-0.3, -0.25) is 0 Å². The van der Waals surface area contributed by atoms with Crippen LogP contribution in [0.4, 0.5) is 14.5 Å². The molecule has 2 nitrogen and oxygen atoms in total. The van der Waals surface area contributed by atoms with Gasteiger partial charge in [-0.05, 0) is 44.1 Å². The largest absolute Gasteiger partial charge is 0.399 e. The van der Waals surface area contributed by atoms with Crippen molar-refractivity contribution in [1.82, 2.24) is 4.90 Å². The third kappa shape index (κ3) is 5.07. The van der Waals surface area contributed by atoms with Gasteiger partial charge in [0, 0.05) is 5.69 Å². The Kier molecular flexibility index (Phi) is 5.19. The zero-order valence-corrected chi connectivity index (χ0v) is 9.50. The number of nitrogens with two attached hydrogens (primary N) is 1. The van der Waals surface area contributed by atoms with Gasteiger partial charge in [0.05, 0.1) is 6.54 Å². The van der Waals surface area contributed by atoms with E-state index >= 15 is 0 Å². The van der Waals surface area contributed by atoms with Crippen molar-refractivity contribution in [3.8, 4) is 0 Å². The zero-order chi connectivity index (χ0) is 12.0. The average molecular weight is 228 g/mol. The topological polar surface area (TPSA) is 29.3 Å². The van der Waals surface area contributed by atoms with E-state index in [0.717, 1.165) is 18.5 Å². The molecule has 0 atom stereocenters. The smallest absolute Gasteiger partial charge is 0.251 e. The predicted molar refractivity (Wildman–Crippen MR) is 62.7 cm³/mol. The van der Waals surface area contributed by atoms with E-state index in [1.54, 1.807) is 11.9 Å². The first-order valence-corrected chi connectivity index (χ1v) is 5.39. The van der Waals surface area contributed by atoms with Gasteiger partial charge in [-0.1, -0.05) is 12.1 Å². The van der Waals surface area contributed by atoms with E-state index in [1.807, 2.05) is 24.3 Å². The molecular formula is C12H18F2N2. The summed E-state index contributed by atoms with van der Waals surface area (Å²) in [6.45, 7) is 0.538. The highest BCUT2D eigenvalue weighted by molar-refractivity contribution is 5.39. The minimum Gasteiger partial charge on any atom is -0.399 e. The molecular weight excluding hydrogens is 210 g/mol. The summed E-state index contributed by atoms with van der Waals surface area (Å²) in [5, 5.41) is 0. The highest BCUT2D eigenvalue weighted by Crippen LogP contribution is 2.08. The van der Waals surface area contributed by atoms with Crippen LogP contribution in [0.15, 0.2) is 24.3 Å². The van der Waals surface area contributed by atoms with E-state index < -0.39 is 6.43 Å². The fraction of sp³-hybridized carbons (Fsp3) is 0.500. The Morgan fingerprint density at radius 1 is 1.25 bits per heavy atom. The van der Waals surface area contributed by atoms with Crippen LogP contribution in [0, 0.1) is 0 Å². The first-order chi connectivity index (χ1) is 7.58. The molecule has 2 N–H and O–H groups in total. The molecule has 0 radical (unpaired) electrons. The SMILES string of the molecule is CN(CCCc1ccc(N)cc1)CC(F)F. The van der Waals surface area contributed by atoms with Crippen molar-refractivity contribution in [3.05, 3.63) is 29.8 Å². The van der Waals surface area contributed by atoms with Crippen molar-refractivity contribution in [3.63, 3.8) is 0 Å². The van der Waals surface area contributed by atoms with Crippen LogP contribution in [-0.4, -0.2) is 31.5 Å². The van der Waals surface area contributed by atoms with Crippen molar-refractivity contribution in [2.24, 2.45) is 0 Å². The minimum atomic E-state index is -2.25. The van der Waals surface area contributed by atoms with Crippen molar-refractivity contribution in [1.29, 1.82) is 0 Å². The molecule has 1 rings (SSSR count). The van der Waals surface area contributed by atoms with Gasteiger partial charge in [0.2, 0.25) is 0 Å². The van der Waals surface area contributed by atoms with E-state index in [4.69, 9.17) is 5.73 Å². The molecule has 0 heterocycles. The summed E-state index contributed by atoms with van der Waals surface area (Å²) in [7, 11) is 1.72. The Morgan fingerprint density at radius 3 is 2.44 bits per heavy atom. The highest BCUT2D eigenvalue weighted by Gasteiger charge is 2.06. The number of nitrogens with zero attached hydrogens (tertiary/aromatic N) is 1. The maximum absolute atomic E-state index is 12.0. The number of benzene rings is 1. The van der Waals surface area contributed by atoms with Crippen LogP contribution >= 0.6 is 0 Å². The Balaban J connectivity index is 2.22. The summed E-state index contributed by atoms with van der Waals surface area (Å²) in [6.07, 6.45) is -0.470. The van der Waals surface area contributed by atoms with Gasteiger partial charge in [0.1, 0.15) is 0 Å². The van der Waals surface area contributed by atoms with E-state index in [0.29, 0.717) is 6.54 Å². The van der Waals surface area contributed by atoms with E-state index in [1.165, 1.54) is 5.56 Å². The molecule has 0 aliphatic carbocycles. The molecule has 0 aromatic heterocycles. The lowest BCUT2D eigenvalue weighted by atomic mass is 10.1. The van der Waals surface area contributed by atoms with Crippen LogP contribution in [0.1, 0.15) is 12.0 Å². The van der Waals surface area contributed by atoms with Gasteiger partial charge < -0.3 is 10.6 Å². The number of nitrogen functional groups attached to an aromatic ring is 1. The molecule has 1 aromatic rings.